The Balaban J connectivity index is 1.80. The summed E-state index contributed by atoms with van der Waals surface area (Å²) in [5.74, 6) is 0.742. The molecule has 0 saturated carbocycles. The number of aryl methyl sites for hydroxylation is 1. The van der Waals surface area contributed by atoms with Crippen molar-refractivity contribution in [2.24, 2.45) is 0 Å². The standard InChI is InChI=1S/C18H22N2O3S/c1-2-12-4-3-5-15-13(10-19-18(12)15)8-16(21)20-6-7-24-11-14(20)9-17(22)23/h3-5,10,14,19H,2,6-9,11H2,1H3,(H,22,23). The highest BCUT2D eigenvalue weighted by molar-refractivity contribution is 7.99. The van der Waals surface area contributed by atoms with E-state index in [0.717, 1.165) is 28.6 Å². The molecule has 5 nitrogen and oxygen atoms in total. The van der Waals surface area contributed by atoms with E-state index in [-0.39, 0.29) is 18.4 Å². The normalized spacial score (nSPS) is 18.0. The summed E-state index contributed by atoms with van der Waals surface area (Å²) in [5.41, 5.74) is 3.32. The molecule has 1 aromatic heterocycles. The fraction of sp³-hybridized carbons (Fsp3) is 0.444. The van der Waals surface area contributed by atoms with Crippen LogP contribution in [0.25, 0.3) is 10.9 Å². The average molecular weight is 346 g/mol. The number of rotatable bonds is 5. The number of nitrogens with zero attached hydrogens (tertiary/aromatic N) is 1. The minimum absolute atomic E-state index is 0.0179. The summed E-state index contributed by atoms with van der Waals surface area (Å²) >= 11 is 1.72. The number of carboxylic acids is 1. The monoisotopic (exact) mass is 346 g/mol. The molecule has 1 aliphatic heterocycles. The van der Waals surface area contributed by atoms with Crippen molar-refractivity contribution in [3.8, 4) is 0 Å². The molecular formula is C18H22N2O3S. The molecule has 3 rings (SSSR count). The molecule has 0 radical (unpaired) electrons. The minimum atomic E-state index is -0.847. The predicted octanol–water partition coefficient (Wildman–Crippen LogP) is 2.69. The number of para-hydroxylation sites is 1. The summed E-state index contributed by atoms with van der Waals surface area (Å²) < 4.78 is 0. The number of carboxylic acid groups (broad SMARTS) is 1. The third-order valence-corrected chi connectivity index (χ3v) is 5.66. The lowest BCUT2D eigenvalue weighted by atomic mass is 10.0. The molecule has 0 aliphatic carbocycles. The van der Waals surface area contributed by atoms with E-state index in [9.17, 15) is 9.59 Å². The number of aromatic nitrogens is 1. The van der Waals surface area contributed by atoms with Crippen LogP contribution in [0, 0.1) is 0 Å². The molecule has 1 aliphatic rings. The lowest BCUT2D eigenvalue weighted by Gasteiger charge is -2.34. The van der Waals surface area contributed by atoms with Crippen molar-refractivity contribution in [2.45, 2.75) is 32.2 Å². The lowest BCUT2D eigenvalue weighted by Crippen LogP contribution is -2.47. The number of carbonyl (C=O) groups excluding carboxylic acids is 1. The highest BCUT2D eigenvalue weighted by Gasteiger charge is 2.29. The van der Waals surface area contributed by atoms with Gasteiger partial charge in [-0.1, -0.05) is 25.1 Å². The summed E-state index contributed by atoms with van der Waals surface area (Å²) in [6, 6.07) is 5.95. The molecule has 1 atom stereocenters. The number of aromatic amines is 1. The van der Waals surface area contributed by atoms with E-state index < -0.39 is 5.97 Å². The summed E-state index contributed by atoms with van der Waals surface area (Å²) in [5, 5.41) is 10.2. The third kappa shape index (κ3) is 3.43. The molecule has 2 aromatic rings. The van der Waals surface area contributed by atoms with Crippen molar-refractivity contribution in [3.63, 3.8) is 0 Å². The maximum atomic E-state index is 12.8. The fourth-order valence-corrected chi connectivity index (χ4v) is 4.40. The first kappa shape index (κ1) is 16.9. The number of aliphatic carboxylic acids is 1. The van der Waals surface area contributed by atoms with Gasteiger partial charge in [-0.25, -0.2) is 0 Å². The van der Waals surface area contributed by atoms with Crippen LogP contribution in [0.5, 0.6) is 0 Å². The molecule has 0 bridgehead atoms. The minimum Gasteiger partial charge on any atom is -0.481 e. The van der Waals surface area contributed by atoms with Gasteiger partial charge in [0.25, 0.3) is 0 Å². The fourth-order valence-electron chi connectivity index (χ4n) is 3.33. The van der Waals surface area contributed by atoms with Gasteiger partial charge in [0.05, 0.1) is 18.9 Å². The number of hydrogen-bond donors (Lipinski definition) is 2. The first-order valence-electron chi connectivity index (χ1n) is 8.27. The topological polar surface area (TPSA) is 73.4 Å². The average Bonchev–Trinajstić information content (AvgIpc) is 2.98. The van der Waals surface area contributed by atoms with Gasteiger partial charge in [-0.3, -0.25) is 9.59 Å². The largest absolute Gasteiger partial charge is 0.481 e. The molecule has 1 amide bonds. The molecule has 1 aromatic carbocycles. The Kier molecular flexibility index (Phi) is 5.14. The maximum Gasteiger partial charge on any atom is 0.305 e. The van der Waals surface area contributed by atoms with E-state index in [4.69, 9.17) is 5.11 Å². The molecule has 1 saturated heterocycles. The Hall–Kier alpha value is -1.95. The van der Waals surface area contributed by atoms with Crippen molar-refractivity contribution in [3.05, 3.63) is 35.5 Å². The molecule has 1 unspecified atom stereocenters. The van der Waals surface area contributed by atoms with Crippen LogP contribution in [0.4, 0.5) is 0 Å². The molecule has 128 valence electrons. The summed E-state index contributed by atoms with van der Waals surface area (Å²) in [7, 11) is 0. The van der Waals surface area contributed by atoms with Crippen LogP contribution in [-0.2, 0) is 22.4 Å². The first-order valence-corrected chi connectivity index (χ1v) is 9.42. The zero-order valence-electron chi connectivity index (χ0n) is 13.7. The van der Waals surface area contributed by atoms with Gasteiger partial charge in [-0.05, 0) is 17.5 Å². The van der Waals surface area contributed by atoms with Crippen LogP contribution >= 0.6 is 11.8 Å². The molecular weight excluding hydrogens is 324 g/mol. The Labute approximate surface area is 145 Å². The number of nitrogens with one attached hydrogen (secondary N) is 1. The number of amides is 1. The number of fused-ring (bicyclic) bond motifs is 1. The SMILES string of the molecule is CCc1cccc2c(CC(=O)N3CCSCC3CC(=O)O)c[nH]c12. The Morgan fingerprint density at radius 3 is 2.96 bits per heavy atom. The second kappa shape index (κ2) is 7.30. The van der Waals surface area contributed by atoms with Crippen LogP contribution in [0.1, 0.15) is 24.5 Å². The van der Waals surface area contributed by atoms with Crippen LogP contribution in [-0.4, -0.2) is 51.0 Å². The van der Waals surface area contributed by atoms with E-state index in [1.807, 2.05) is 18.3 Å². The van der Waals surface area contributed by atoms with Crippen LogP contribution < -0.4 is 0 Å². The first-order chi connectivity index (χ1) is 11.6. The van der Waals surface area contributed by atoms with Gasteiger partial charge in [0.15, 0.2) is 0 Å². The van der Waals surface area contributed by atoms with Gasteiger partial charge >= 0.3 is 5.97 Å². The zero-order chi connectivity index (χ0) is 17.1. The van der Waals surface area contributed by atoms with Gasteiger partial charge in [0.1, 0.15) is 0 Å². The van der Waals surface area contributed by atoms with Crippen molar-refractivity contribution < 1.29 is 14.7 Å². The van der Waals surface area contributed by atoms with Crippen molar-refractivity contribution in [1.82, 2.24) is 9.88 Å². The number of H-pyrrole nitrogens is 1. The molecule has 1 fully saturated rings. The van der Waals surface area contributed by atoms with Gasteiger partial charge in [0, 0.05) is 35.2 Å². The lowest BCUT2D eigenvalue weighted by molar-refractivity contribution is -0.140. The van der Waals surface area contributed by atoms with E-state index in [1.54, 1.807) is 16.7 Å². The highest BCUT2D eigenvalue weighted by Crippen LogP contribution is 2.25. The molecule has 2 N–H and O–H groups in total. The quantitative estimate of drug-likeness (QED) is 0.873. The second-order valence-corrected chi connectivity index (χ2v) is 7.25. The highest BCUT2D eigenvalue weighted by atomic mass is 32.2. The summed E-state index contributed by atoms with van der Waals surface area (Å²) in [6.45, 7) is 2.74. The molecule has 0 spiro atoms. The summed E-state index contributed by atoms with van der Waals surface area (Å²) in [6.07, 6.45) is 3.18. The van der Waals surface area contributed by atoms with Crippen LogP contribution in [0.3, 0.4) is 0 Å². The third-order valence-electron chi connectivity index (χ3n) is 4.57. The summed E-state index contributed by atoms with van der Waals surface area (Å²) in [4.78, 5) is 28.9. The van der Waals surface area contributed by atoms with E-state index in [1.165, 1.54) is 5.56 Å². The zero-order valence-corrected chi connectivity index (χ0v) is 14.6. The van der Waals surface area contributed by atoms with E-state index in [2.05, 4.69) is 18.0 Å². The molecule has 6 heteroatoms. The Morgan fingerprint density at radius 1 is 1.38 bits per heavy atom. The van der Waals surface area contributed by atoms with Crippen molar-refractivity contribution in [1.29, 1.82) is 0 Å². The van der Waals surface area contributed by atoms with Crippen LogP contribution in [0.2, 0.25) is 0 Å². The van der Waals surface area contributed by atoms with Crippen molar-refractivity contribution in [2.75, 3.05) is 18.1 Å². The Morgan fingerprint density at radius 2 is 2.21 bits per heavy atom. The number of hydrogen-bond acceptors (Lipinski definition) is 3. The van der Waals surface area contributed by atoms with Gasteiger partial charge in [-0.15, -0.1) is 0 Å². The second-order valence-electron chi connectivity index (χ2n) is 6.10. The number of thioether (sulfide) groups is 1. The van der Waals surface area contributed by atoms with Crippen molar-refractivity contribution >= 4 is 34.5 Å². The smallest absolute Gasteiger partial charge is 0.305 e. The maximum absolute atomic E-state index is 12.8. The van der Waals surface area contributed by atoms with E-state index in [0.29, 0.717) is 18.7 Å². The number of carbonyl (C=O) groups is 2. The van der Waals surface area contributed by atoms with Gasteiger partial charge in [-0.2, -0.15) is 11.8 Å². The molecule has 2 heterocycles. The van der Waals surface area contributed by atoms with E-state index >= 15 is 0 Å². The van der Waals surface area contributed by atoms with Crippen LogP contribution in [0.15, 0.2) is 24.4 Å². The Bertz CT molecular complexity index is 756. The predicted molar refractivity (Wildman–Crippen MR) is 96.5 cm³/mol. The van der Waals surface area contributed by atoms with Gasteiger partial charge < -0.3 is 15.0 Å². The van der Waals surface area contributed by atoms with Gasteiger partial charge in [0.2, 0.25) is 5.91 Å². The molecule has 24 heavy (non-hydrogen) atoms. The number of benzene rings is 1.